The Kier molecular flexibility index (Phi) is 8.03. The maximum atomic E-state index is 9.72. The Bertz CT molecular complexity index is 1540. The first-order chi connectivity index (χ1) is 19.5. The predicted octanol–water partition coefficient (Wildman–Crippen LogP) is 3.98. The number of pyridine rings is 3. The van der Waals surface area contributed by atoms with E-state index in [4.69, 9.17) is 15.1 Å². The molecule has 0 atom stereocenters. The van der Waals surface area contributed by atoms with Crippen LogP contribution in [0.1, 0.15) is 30.5 Å². The van der Waals surface area contributed by atoms with Crippen LogP contribution in [0.2, 0.25) is 0 Å². The number of anilines is 1. The van der Waals surface area contributed by atoms with Crippen molar-refractivity contribution < 1.29 is 4.74 Å². The summed E-state index contributed by atoms with van der Waals surface area (Å²) >= 11 is 0. The quantitative estimate of drug-likeness (QED) is 0.309. The molecule has 1 aliphatic heterocycles. The molecular formula is C30H33N9O. The second-order valence-electron chi connectivity index (χ2n) is 10.0. The summed E-state index contributed by atoms with van der Waals surface area (Å²) in [6, 6.07) is 12.5. The fourth-order valence-corrected chi connectivity index (χ4v) is 4.80. The number of allylic oxidation sites excluding steroid dienone is 1. The third-order valence-corrected chi connectivity index (χ3v) is 6.96. The van der Waals surface area contributed by atoms with Gasteiger partial charge in [0.2, 0.25) is 5.88 Å². The van der Waals surface area contributed by atoms with Crippen LogP contribution in [0.3, 0.4) is 0 Å². The number of hydrogen-bond acceptors (Lipinski definition) is 9. The number of ether oxygens (including phenoxy) is 1. The second kappa shape index (κ2) is 12.0. The van der Waals surface area contributed by atoms with E-state index in [0.717, 1.165) is 66.3 Å². The van der Waals surface area contributed by atoms with E-state index in [9.17, 15) is 5.26 Å². The molecule has 1 fully saturated rings. The molecule has 5 heterocycles. The van der Waals surface area contributed by atoms with Crippen molar-refractivity contribution in [3.8, 4) is 23.1 Å². The van der Waals surface area contributed by atoms with Crippen molar-refractivity contribution in [1.29, 1.82) is 10.7 Å². The SMILES string of the molecule is COc1ccc(CN2CCN(c3ccc(-c4cc(/C(C=N)=C/NC(C)C)cn5ncc(C#N)c45)cn3)CC2)cn1. The zero-order chi connectivity index (χ0) is 28.1. The fraction of sp³-hybridized carbons (Fsp3) is 0.300. The molecule has 0 unspecified atom stereocenters. The van der Waals surface area contributed by atoms with Gasteiger partial charge in [0, 0.05) is 98.1 Å². The van der Waals surface area contributed by atoms with Crippen LogP contribution in [-0.2, 0) is 6.54 Å². The van der Waals surface area contributed by atoms with E-state index < -0.39 is 0 Å². The van der Waals surface area contributed by atoms with Crippen LogP contribution < -0.4 is 15.0 Å². The molecule has 0 bridgehead atoms. The standard InChI is InChI=1S/C30H33N9O/c1-21(2)33-17-25(13-31)24-12-27(30-26(14-32)18-36-39(30)20-24)23-5-6-28(34-16-23)38-10-8-37(9-11-38)19-22-4-7-29(40-3)35-15-22/h4-7,12-13,15-18,20-21,31,33H,8-11,19H2,1-3H3/b25-17+,31-13?. The maximum absolute atomic E-state index is 9.72. The van der Waals surface area contributed by atoms with E-state index >= 15 is 0 Å². The third kappa shape index (κ3) is 5.80. The highest BCUT2D eigenvalue weighted by Crippen LogP contribution is 2.31. The van der Waals surface area contributed by atoms with Gasteiger partial charge in [0.1, 0.15) is 11.9 Å². The highest BCUT2D eigenvalue weighted by atomic mass is 16.5. The van der Waals surface area contributed by atoms with Gasteiger partial charge in [-0.05, 0) is 37.6 Å². The van der Waals surface area contributed by atoms with Crippen LogP contribution in [-0.4, -0.2) is 70.0 Å². The number of fused-ring (bicyclic) bond motifs is 1. The second-order valence-corrected chi connectivity index (χ2v) is 10.0. The van der Waals surface area contributed by atoms with Crippen molar-refractivity contribution in [1.82, 2.24) is 29.8 Å². The lowest BCUT2D eigenvalue weighted by molar-refractivity contribution is 0.249. The zero-order valence-corrected chi connectivity index (χ0v) is 23.0. The molecule has 1 saturated heterocycles. The summed E-state index contributed by atoms with van der Waals surface area (Å²) in [7, 11) is 1.62. The Morgan fingerprint density at radius 3 is 2.58 bits per heavy atom. The molecule has 0 radical (unpaired) electrons. The smallest absolute Gasteiger partial charge is 0.212 e. The van der Waals surface area contributed by atoms with Gasteiger partial charge in [-0.25, -0.2) is 14.5 Å². The Hall–Kier alpha value is -4.75. The third-order valence-electron chi connectivity index (χ3n) is 6.96. The minimum atomic E-state index is 0.242. The van der Waals surface area contributed by atoms with Gasteiger partial charge in [0.05, 0.1) is 24.4 Å². The maximum Gasteiger partial charge on any atom is 0.212 e. The highest BCUT2D eigenvalue weighted by molar-refractivity contribution is 6.09. The Morgan fingerprint density at radius 1 is 1.12 bits per heavy atom. The average Bonchev–Trinajstić information content (AvgIpc) is 3.41. The van der Waals surface area contributed by atoms with Crippen LogP contribution in [0.5, 0.6) is 5.88 Å². The van der Waals surface area contributed by atoms with Gasteiger partial charge in [-0.3, -0.25) is 4.90 Å². The summed E-state index contributed by atoms with van der Waals surface area (Å²) in [5, 5.41) is 25.4. The topological polar surface area (TPSA) is 118 Å². The van der Waals surface area contributed by atoms with E-state index in [0.29, 0.717) is 11.4 Å². The molecule has 10 nitrogen and oxygen atoms in total. The first-order valence-corrected chi connectivity index (χ1v) is 13.3. The summed E-state index contributed by atoms with van der Waals surface area (Å²) < 4.78 is 6.87. The number of nitriles is 1. The van der Waals surface area contributed by atoms with Gasteiger partial charge in [-0.2, -0.15) is 10.4 Å². The number of hydrogen-bond donors (Lipinski definition) is 2. The molecular weight excluding hydrogens is 502 g/mol. The molecule has 0 aromatic carbocycles. The molecule has 5 rings (SSSR count). The van der Waals surface area contributed by atoms with Crippen molar-refractivity contribution in [2.24, 2.45) is 0 Å². The fourth-order valence-electron chi connectivity index (χ4n) is 4.80. The highest BCUT2D eigenvalue weighted by Gasteiger charge is 2.19. The first kappa shape index (κ1) is 26.8. The molecule has 0 aliphatic carbocycles. The van der Waals surface area contributed by atoms with Crippen LogP contribution >= 0.6 is 0 Å². The molecule has 0 spiro atoms. The van der Waals surface area contributed by atoms with Crippen LogP contribution in [0.25, 0.3) is 22.2 Å². The summed E-state index contributed by atoms with van der Waals surface area (Å²) in [5.74, 6) is 1.55. The Labute approximate surface area is 234 Å². The van der Waals surface area contributed by atoms with Crippen molar-refractivity contribution in [2.75, 3.05) is 38.2 Å². The summed E-state index contributed by atoms with van der Waals surface area (Å²) in [6.45, 7) is 8.58. The number of piperazine rings is 1. The number of nitrogens with one attached hydrogen (secondary N) is 2. The van der Waals surface area contributed by atoms with Gasteiger partial charge in [0.15, 0.2) is 0 Å². The van der Waals surface area contributed by atoms with E-state index in [1.54, 1.807) is 17.8 Å². The predicted molar refractivity (Wildman–Crippen MR) is 156 cm³/mol. The lowest BCUT2D eigenvalue weighted by atomic mass is 10.0. The van der Waals surface area contributed by atoms with E-state index in [-0.39, 0.29) is 6.04 Å². The largest absolute Gasteiger partial charge is 0.481 e. The van der Waals surface area contributed by atoms with E-state index in [1.807, 2.05) is 62.9 Å². The molecule has 0 saturated carbocycles. The van der Waals surface area contributed by atoms with Crippen molar-refractivity contribution >= 4 is 23.1 Å². The first-order valence-electron chi connectivity index (χ1n) is 13.3. The molecule has 10 heteroatoms. The van der Waals surface area contributed by atoms with Crippen LogP contribution in [0.4, 0.5) is 5.82 Å². The molecule has 4 aromatic heterocycles. The van der Waals surface area contributed by atoms with Crippen molar-refractivity contribution in [3.05, 3.63) is 78.0 Å². The molecule has 1 aliphatic rings. The number of methoxy groups -OCH3 is 1. The molecule has 204 valence electrons. The van der Waals surface area contributed by atoms with Crippen LogP contribution in [0, 0.1) is 16.7 Å². The number of nitrogens with zero attached hydrogens (tertiary/aromatic N) is 7. The zero-order valence-electron chi connectivity index (χ0n) is 23.0. The van der Waals surface area contributed by atoms with E-state index in [2.05, 4.69) is 37.3 Å². The monoisotopic (exact) mass is 535 g/mol. The van der Waals surface area contributed by atoms with Crippen molar-refractivity contribution in [2.45, 2.75) is 26.4 Å². The lowest BCUT2D eigenvalue weighted by Gasteiger charge is -2.35. The van der Waals surface area contributed by atoms with Crippen LogP contribution in [0.15, 0.2) is 61.3 Å². The summed E-state index contributed by atoms with van der Waals surface area (Å²) in [5.41, 5.74) is 5.67. The van der Waals surface area contributed by atoms with Gasteiger partial charge in [0.25, 0.3) is 0 Å². The van der Waals surface area contributed by atoms with E-state index in [1.165, 1.54) is 11.8 Å². The molecule has 4 aromatic rings. The number of aromatic nitrogens is 4. The van der Waals surface area contributed by atoms with Gasteiger partial charge in [-0.1, -0.05) is 6.07 Å². The van der Waals surface area contributed by atoms with Gasteiger partial charge < -0.3 is 20.4 Å². The normalized spacial score (nSPS) is 14.4. The Balaban J connectivity index is 1.35. The average molecular weight is 536 g/mol. The van der Waals surface area contributed by atoms with Gasteiger partial charge >= 0.3 is 0 Å². The lowest BCUT2D eigenvalue weighted by Crippen LogP contribution is -2.46. The minimum absolute atomic E-state index is 0.242. The minimum Gasteiger partial charge on any atom is -0.481 e. The summed E-state index contributed by atoms with van der Waals surface area (Å²) in [6.07, 6.45) is 10.3. The molecule has 2 N–H and O–H groups in total. The van der Waals surface area contributed by atoms with Gasteiger partial charge in [-0.15, -0.1) is 0 Å². The Morgan fingerprint density at radius 2 is 1.95 bits per heavy atom. The number of rotatable bonds is 9. The van der Waals surface area contributed by atoms with Crippen molar-refractivity contribution in [3.63, 3.8) is 0 Å². The summed E-state index contributed by atoms with van der Waals surface area (Å²) in [4.78, 5) is 13.8. The molecule has 40 heavy (non-hydrogen) atoms. The molecule has 0 amide bonds.